The summed E-state index contributed by atoms with van der Waals surface area (Å²) in [6.07, 6.45) is 3.35. The van der Waals surface area contributed by atoms with Gasteiger partial charge in [0.05, 0.1) is 17.4 Å². The van der Waals surface area contributed by atoms with Crippen molar-refractivity contribution in [3.8, 4) is 0 Å². The van der Waals surface area contributed by atoms with E-state index in [1.165, 1.54) is 4.68 Å². The predicted molar refractivity (Wildman–Crippen MR) is 87.1 cm³/mol. The Hall–Kier alpha value is -1.40. The van der Waals surface area contributed by atoms with Crippen LogP contribution in [0, 0.1) is 5.92 Å². The molecule has 0 bridgehead atoms. The summed E-state index contributed by atoms with van der Waals surface area (Å²) in [5.41, 5.74) is -0.164. The third-order valence-electron chi connectivity index (χ3n) is 2.94. The molecule has 2 aromatic rings. The van der Waals surface area contributed by atoms with E-state index in [0.29, 0.717) is 18.2 Å². The number of hydrogen-bond donors (Lipinski definition) is 1. The number of thiazole rings is 1. The van der Waals surface area contributed by atoms with Crippen molar-refractivity contribution in [2.45, 2.75) is 39.8 Å². The number of aromatic nitrogens is 3. The van der Waals surface area contributed by atoms with Gasteiger partial charge in [0.1, 0.15) is 10.0 Å². The van der Waals surface area contributed by atoms with Gasteiger partial charge in [0, 0.05) is 18.1 Å². The molecule has 2 aromatic heterocycles. The highest BCUT2D eigenvalue weighted by Gasteiger charge is 2.25. The molecule has 114 valence electrons. The molecule has 0 aliphatic carbocycles. The van der Waals surface area contributed by atoms with E-state index in [2.05, 4.69) is 15.4 Å². The number of anilines is 1. The van der Waals surface area contributed by atoms with E-state index in [0.717, 1.165) is 5.01 Å². The first kappa shape index (κ1) is 16.0. The summed E-state index contributed by atoms with van der Waals surface area (Å²) in [4.78, 5) is 16.5. The van der Waals surface area contributed by atoms with Crippen LogP contribution in [0.5, 0.6) is 0 Å². The van der Waals surface area contributed by atoms with Crippen LogP contribution in [0.15, 0.2) is 22.6 Å². The van der Waals surface area contributed by atoms with Crippen LogP contribution in [0.3, 0.4) is 0 Å². The third kappa shape index (κ3) is 3.63. The summed E-state index contributed by atoms with van der Waals surface area (Å²) in [6, 6.07) is 0. The molecule has 0 saturated heterocycles. The Morgan fingerprint density at radius 3 is 2.76 bits per heavy atom. The van der Waals surface area contributed by atoms with Gasteiger partial charge in [-0.25, -0.2) is 9.67 Å². The topological polar surface area (TPSA) is 59.8 Å². The second kappa shape index (κ2) is 6.15. The fraction of sp³-hybridized carbons (Fsp3) is 0.500. The maximum Gasteiger partial charge on any atom is 0.287 e. The van der Waals surface area contributed by atoms with Gasteiger partial charge in [-0.1, -0.05) is 25.4 Å². The lowest BCUT2D eigenvalue weighted by Crippen LogP contribution is -2.31. The Balaban J connectivity index is 2.30. The van der Waals surface area contributed by atoms with Gasteiger partial charge in [-0.3, -0.25) is 4.79 Å². The molecule has 2 rings (SSSR count). The Morgan fingerprint density at radius 1 is 1.48 bits per heavy atom. The van der Waals surface area contributed by atoms with Crippen LogP contribution in [-0.2, 0) is 12.1 Å². The number of rotatable bonds is 5. The lowest BCUT2D eigenvalue weighted by atomic mass is 10.1. The summed E-state index contributed by atoms with van der Waals surface area (Å²) in [7, 11) is 0. The van der Waals surface area contributed by atoms with Gasteiger partial charge in [-0.15, -0.1) is 11.3 Å². The zero-order chi connectivity index (χ0) is 15.6. The van der Waals surface area contributed by atoms with E-state index < -0.39 is 5.54 Å². The first-order valence-electron chi connectivity index (χ1n) is 6.75. The van der Waals surface area contributed by atoms with Crippen molar-refractivity contribution in [3.05, 3.63) is 38.2 Å². The number of nitrogens with one attached hydrogen (secondary N) is 1. The van der Waals surface area contributed by atoms with Crippen LogP contribution in [0.2, 0.25) is 5.02 Å². The molecule has 0 radical (unpaired) electrons. The molecule has 0 amide bonds. The van der Waals surface area contributed by atoms with Crippen molar-refractivity contribution >= 4 is 28.6 Å². The maximum absolute atomic E-state index is 12.2. The minimum Gasteiger partial charge on any atom is -0.371 e. The van der Waals surface area contributed by atoms with Crippen molar-refractivity contribution in [2.24, 2.45) is 5.92 Å². The molecule has 7 heteroatoms. The van der Waals surface area contributed by atoms with Gasteiger partial charge in [-0.05, 0) is 19.8 Å². The van der Waals surface area contributed by atoms with E-state index >= 15 is 0 Å². The third-order valence-corrected chi connectivity index (χ3v) is 4.40. The molecule has 0 spiro atoms. The molecule has 0 unspecified atom stereocenters. The number of hydrogen-bond acceptors (Lipinski definition) is 5. The molecule has 0 aliphatic rings. The summed E-state index contributed by atoms with van der Waals surface area (Å²) in [5, 5.41) is 10.4. The van der Waals surface area contributed by atoms with E-state index in [1.807, 2.05) is 33.1 Å². The van der Waals surface area contributed by atoms with Crippen molar-refractivity contribution in [1.29, 1.82) is 0 Å². The first-order valence-corrected chi connectivity index (χ1v) is 8.01. The fourth-order valence-electron chi connectivity index (χ4n) is 1.95. The monoisotopic (exact) mass is 326 g/mol. The van der Waals surface area contributed by atoms with E-state index in [9.17, 15) is 4.79 Å². The predicted octanol–water partition coefficient (Wildman–Crippen LogP) is 3.36. The lowest BCUT2D eigenvalue weighted by Gasteiger charge is -2.25. The second-order valence-corrected chi connectivity index (χ2v) is 7.11. The Labute approximate surface area is 133 Å². The molecule has 1 N–H and O–H groups in total. The van der Waals surface area contributed by atoms with Crippen LogP contribution < -0.4 is 10.9 Å². The van der Waals surface area contributed by atoms with E-state index in [1.54, 1.807) is 23.7 Å². The smallest absolute Gasteiger partial charge is 0.287 e. The van der Waals surface area contributed by atoms with Crippen LogP contribution in [0.4, 0.5) is 5.69 Å². The van der Waals surface area contributed by atoms with Crippen molar-refractivity contribution < 1.29 is 0 Å². The van der Waals surface area contributed by atoms with Crippen LogP contribution in [0.25, 0.3) is 0 Å². The van der Waals surface area contributed by atoms with Crippen LogP contribution in [0.1, 0.15) is 32.7 Å². The quantitative estimate of drug-likeness (QED) is 0.915. The van der Waals surface area contributed by atoms with Crippen LogP contribution in [-0.4, -0.2) is 14.8 Å². The normalized spacial score (nSPS) is 11.9. The average Bonchev–Trinajstić information content (AvgIpc) is 2.93. The minimum atomic E-state index is -0.420. The second-order valence-electron chi connectivity index (χ2n) is 5.84. The van der Waals surface area contributed by atoms with Gasteiger partial charge >= 0.3 is 0 Å². The Bertz CT molecular complexity index is 664. The maximum atomic E-state index is 12.2. The van der Waals surface area contributed by atoms with E-state index in [-0.39, 0.29) is 10.6 Å². The molecule has 0 atom stereocenters. The zero-order valence-corrected chi connectivity index (χ0v) is 14.1. The summed E-state index contributed by atoms with van der Waals surface area (Å²) in [6.45, 7) is 8.58. The molecule has 0 fully saturated rings. The largest absolute Gasteiger partial charge is 0.371 e. The first-order chi connectivity index (χ1) is 9.81. The van der Waals surface area contributed by atoms with Gasteiger partial charge in [0.25, 0.3) is 5.56 Å². The van der Waals surface area contributed by atoms with Crippen molar-refractivity contribution in [2.75, 3.05) is 5.32 Å². The molecular weight excluding hydrogens is 308 g/mol. The molecule has 0 aromatic carbocycles. The highest BCUT2D eigenvalue weighted by Crippen LogP contribution is 2.29. The molecule has 5 nitrogen and oxygen atoms in total. The lowest BCUT2D eigenvalue weighted by molar-refractivity contribution is 0.463. The van der Waals surface area contributed by atoms with Crippen molar-refractivity contribution in [3.63, 3.8) is 0 Å². The van der Waals surface area contributed by atoms with Gasteiger partial charge in [-0.2, -0.15) is 5.10 Å². The van der Waals surface area contributed by atoms with Crippen molar-refractivity contribution in [1.82, 2.24) is 14.8 Å². The Kier molecular flexibility index (Phi) is 4.68. The van der Waals surface area contributed by atoms with E-state index in [4.69, 9.17) is 11.6 Å². The van der Waals surface area contributed by atoms with Gasteiger partial charge < -0.3 is 5.32 Å². The van der Waals surface area contributed by atoms with Gasteiger partial charge in [0.2, 0.25) is 0 Å². The highest BCUT2D eigenvalue weighted by atomic mass is 35.5. The molecular formula is C14H19ClN4OS. The molecule has 0 aliphatic heterocycles. The summed E-state index contributed by atoms with van der Waals surface area (Å²) in [5.74, 6) is 0.330. The number of halogens is 1. The Morgan fingerprint density at radius 2 is 2.19 bits per heavy atom. The SMILES string of the molecule is CC(C)Cn1ncc(NC(C)(C)c2nccs2)c(Cl)c1=O. The summed E-state index contributed by atoms with van der Waals surface area (Å²) >= 11 is 7.75. The van der Waals surface area contributed by atoms with Gasteiger partial charge in [0.15, 0.2) is 0 Å². The standard InChI is InChI=1S/C14H19ClN4OS/c1-9(2)8-19-12(20)11(15)10(7-17-19)18-14(3,4)13-16-5-6-21-13/h5-7,9,18H,8H2,1-4H3. The fourth-order valence-corrected chi connectivity index (χ4v) is 2.86. The number of nitrogens with zero attached hydrogens (tertiary/aromatic N) is 3. The molecule has 21 heavy (non-hydrogen) atoms. The molecule has 0 saturated carbocycles. The molecule has 2 heterocycles. The highest BCUT2D eigenvalue weighted by molar-refractivity contribution is 7.09. The summed E-state index contributed by atoms with van der Waals surface area (Å²) < 4.78 is 1.40. The zero-order valence-electron chi connectivity index (χ0n) is 12.6. The average molecular weight is 327 g/mol. The van der Waals surface area contributed by atoms with Crippen LogP contribution >= 0.6 is 22.9 Å². The minimum absolute atomic E-state index is 0.162.